The number of carbonyl (C=O) groups is 1. The van der Waals surface area contributed by atoms with Crippen LogP contribution in [0.2, 0.25) is 5.02 Å². The summed E-state index contributed by atoms with van der Waals surface area (Å²) in [5.41, 5.74) is 1.95. The lowest BCUT2D eigenvalue weighted by Gasteiger charge is -2.11. The molecule has 1 amide bonds. The summed E-state index contributed by atoms with van der Waals surface area (Å²) in [4.78, 5) is 11.8. The first-order valence-corrected chi connectivity index (χ1v) is 9.67. The average molecular weight is 387 g/mol. The van der Waals surface area contributed by atoms with Gasteiger partial charge in [-0.25, -0.2) is 0 Å². The van der Waals surface area contributed by atoms with E-state index in [4.69, 9.17) is 11.6 Å². The van der Waals surface area contributed by atoms with Gasteiger partial charge in [0, 0.05) is 12.1 Å². The standard InChI is InChI=1S/C19H19ClN4OS/c1-2-21-17(25)13-26-19-23-22-18(15-10-6-7-11-16(15)20)24(19)12-14-8-4-3-5-9-14/h3-11H,2,12-13H2,1H3,(H,21,25). The number of hydrogen-bond donors (Lipinski definition) is 1. The molecule has 0 fully saturated rings. The van der Waals surface area contributed by atoms with Crippen LogP contribution in [0.25, 0.3) is 11.4 Å². The summed E-state index contributed by atoms with van der Waals surface area (Å²) in [7, 11) is 0. The Morgan fingerprint density at radius 3 is 2.58 bits per heavy atom. The highest BCUT2D eigenvalue weighted by Crippen LogP contribution is 2.29. The lowest BCUT2D eigenvalue weighted by Crippen LogP contribution is -2.24. The number of aromatic nitrogens is 3. The fourth-order valence-corrected chi connectivity index (χ4v) is 3.51. The van der Waals surface area contributed by atoms with Crippen molar-refractivity contribution in [3.8, 4) is 11.4 Å². The second kappa shape index (κ2) is 8.87. The second-order valence-electron chi connectivity index (χ2n) is 5.60. The molecule has 0 aliphatic heterocycles. The number of halogens is 1. The zero-order valence-electron chi connectivity index (χ0n) is 14.4. The molecule has 0 radical (unpaired) electrons. The molecule has 1 heterocycles. The molecule has 0 aliphatic carbocycles. The van der Waals surface area contributed by atoms with Crippen LogP contribution in [0, 0.1) is 0 Å². The van der Waals surface area contributed by atoms with Crippen molar-refractivity contribution in [2.24, 2.45) is 0 Å². The van der Waals surface area contributed by atoms with Crippen molar-refractivity contribution in [3.05, 3.63) is 65.2 Å². The first-order chi connectivity index (χ1) is 12.7. The molecule has 1 aromatic heterocycles. The quantitative estimate of drug-likeness (QED) is 0.626. The van der Waals surface area contributed by atoms with Gasteiger partial charge < -0.3 is 5.32 Å². The Bertz CT molecular complexity index is 882. The van der Waals surface area contributed by atoms with Crippen LogP contribution >= 0.6 is 23.4 Å². The molecule has 0 saturated heterocycles. The minimum atomic E-state index is -0.0222. The number of nitrogens with one attached hydrogen (secondary N) is 1. The molecule has 0 atom stereocenters. The van der Waals surface area contributed by atoms with Crippen molar-refractivity contribution in [2.75, 3.05) is 12.3 Å². The monoisotopic (exact) mass is 386 g/mol. The van der Waals surface area contributed by atoms with Gasteiger partial charge in [0.15, 0.2) is 11.0 Å². The maximum Gasteiger partial charge on any atom is 0.230 e. The van der Waals surface area contributed by atoms with Gasteiger partial charge in [-0.15, -0.1) is 10.2 Å². The van der Waals surface area contributed by atoms with Crippen LogP contribution < -0.4 is 5.32 Å². The summed E-state index contributed by atoms with van der Waals surface area (Å²) in [5.74, 6) is 0.965. The molecule has 2 aromatic carbocycles. The van der Waals surface area contributed by atoms with Gasteiger partial charge >= 0.3 is 0 Å². The van der Waals surface area contributed by atoms with E-state index in [9.17, 15) is 4.79 Å². The van der Waals surface area contributed by atoms with Crippen LogP contribution in [-0.2, 0) is 11.3 Å². The fraction of sp³-hybridized carbons (Fsp3) is 0.211. The van der Waals surface area contributed by atoms with Gasteiger partial charge in [0.2, 0.25) is 5.91 Å². The number of nitrogens with zero attached hydrogens (tertiary/aromatic N) is 3. The number of rotatable bonds is 7. The van der Waals surface area contributed by atoms with Gasteiger partial charge in [-0.2, -0.15) is 0 Å². The van der Waals surface area contributed by atoms with Crippen LogP contribution in [0.4, 0.5) is 0 Å². The summed E-state index contributed by atoms with van der Waals surface area (Å²) in [6, 6.07) is 17.6. The minimum absolute atomic E-state index is 0.0222. The molecule has 3 aromatic rings. The first kappa shape index (κ1) is 18.5. The maximum absolute atomic E-state index is 11.8. The molecule has 0 unspecified atom stereocenters. The number of thioether (sulfide) groups is 1. The van der Waals surface area contributed by atoms with E-state index in [-0.39, 0.29) is 5.91 Å². The van der Waals surface area contributed by atoms with E-state index in [0.717, 1.165) is 11.1 Å². The molecule has 5 nitrogen and oxygen atoms in total. The van der Waals surface area contributed by atoms with Crippen LogP contribution in [-0.4, -0.2) is 33.0 Å². The zero-order chi connectivity index (χ0) is 18.4. The summed E-state index contributed by atoms with van der Waals surface area (Å²) in [5, 5.41) is 12.7. The number of benzene rings is 2. The highest BCUT2D eigenvalue weighted by atomic mass is 35.5. The highest BCUT2D eigenvalue weighted by Gasteiger charge is 2.17. The van der Waals surface area contributed by atoms with Crippen molar-refractivity contribution in [3.63, 3.8) is 0 Å². The van der Waals surface area contributed by atoms with Crippen molar-refractivity contribution in [2.45, 2.75) is 18.6 Å². The Balaban J connectivity index is 1.94. The van der Waals surface area contributed by atoms with E-state index in [1.165, 1.54) is 11.8 Å². The number of carbonyl (C=O) groups excluding carboxylic acids is 1. The third-order valence-corrected chi connectivity index (χ3v) is 5.02. The topological polar surface area (TPSA) is 59.8 Å². The van der Waals surface area contributed by atoms with Crippen LogP contribution in [0.5, 0.6) is 0 Å². The summed E-state index contributed by atoms with van der Waals surface area (Å²) in [6.07, 6.45) is 0. The first-order valence-electron chi connectivity index (χ1n) is 8.30. The van der Waals surface area contributed by atoms with Gasteiger partial charge in [-0.3, -0.25) is 9.36 Å². The Kier molecular flexibility index (Phi) is 6.30. The van der Waals surface area contributed by atoms with E-state index in [0.29, 0.717) is 34.8 Å². The summed E-state index contributed by atoms with van der Waals surface area (Å²) in [6.45, 7) is 3.11. The summed E-state index contributed by atoms with van der Waals surface area (Å²) >= 11 is 7.73. The lowest BCUT2D eigenvalue weighted by molar-refractivity contribution is -0.118. The molecule has 0 spiro atoms. The second-order valence-corrected chi connectivity index (χ2v) is 6.95. The number of hydrogen-bond acceptors (Lipinski definition) is 4. The third kappa shape index (κ3) is 4.45. The summed E-state index contributed by atoms with van der Waals surface area (Å²) < 4.78 is 2.00. The van der Waals surface area contributed by atoms with Crippen LogP contribution in [0.15, 0.2) is 59.8 Å². The predicted molar refractivity (Wildman–Crippen MR) is 105 cm³/mol. The molecular formula is C19H19ClN4OS. The highest BCUT2D eigenvalue weighted by molar-refractivity contribution is 7.99. The Labute approximate surface area is 161 Å². The molecule has 0 aliphatic rings. The van der Waals surface area contributed by atoms with Crippen LogP contribution in [0.3, 0.4) is 0 Å². The van der Waals surface area contributed by atoms with E-state index in [1.807, 2.05) is 54.0 Å². The number of amides is 1. The van der Waals surface area contributed by atoms with E-state index >= 15 is 0 Å². The van der Waals surface area contributed by atoms with Gasteiger partial charge in [0.1, 0.15) is 0 Å². The van der Waals surface area contributed by atoms with E-state index < -0.39 is 0 Å². The molecule has 0 saturated carbocycles. The molecule has 7 heteroatoms. The average Bonchev–Trinajstić information content (AvgIpc) is 3.04. The largest absolute Gasteiger partial charge is 0.356 e. The molecule has 134 valence electrons. The third-order valence-electron chi connectivity index (χ3n) is 3.72. The minimum Gasteiger partial charge on any atom is -0.356 e. The smallest absolute Gasteiger partial charge is 0.230 e. The molecule has 26 heavy (non-hydrogen) atoms. The van der Waals surface area contributed by atoms with Crippen molar-refractivity contribution in [1.29, 1.82) is 0 Å². The predicted octanol–water partition coefficient (Wildman–Crippen LogP) is 3.88. The Morgan fingerprint density at radius 1 is 1.12 bits per heavy atom. The van der Waals surface area contributed by atoms with Crippen molar-refractivity contribution in [1.82, 2.24) is 20.1 Å². The van der Waals surface area contributed by atoms with E-state index in [1.54, 1.807) is 0 Å². The van der Waals surface area contributed by atoms with Crippen LogP contribution in [0.1, 0.15) is 12.5 Å². The van der Waals surface area contributed by atoms with Gasteiger partial charge in [-0.1, -0.05) is 65.8 Å². The van der Waals surface area contributed by atoms with Crippen molar-refractivity contribution >= 4 is 29.3 Å². The molecule has 0 bridgehead atoms. The zero-order valence-corrected chi connectivity index (χ0v) is 15.9. The Morgan fingerprint density at radius 2 is 1.85 bits per heavy atom. The lowest BCUT2D eigenvalue weighted by atomic mass is 10.2. The molecule has 3 rings (SSSR count). The Hall–Kier alpha value is -2.31. The molecule has 1 N–H and O–H groups in total. The normalized spacial score (nSPS) is 10.7. The molecular weight excluding hydrogens is 368 g/mol. The SMILES string of the molecule is CCNC(=O)CSc1nnc(-c2ccccc2Cl)n1Cc1ccccc1. The maximum atomic E-state index is 11.8. The van der Waals surface area contributed by atoms with Gasteiger partial charge in [-0.05, 0) is 24.6 Å². The van der Waals surface area contributed by atoms with E-state index in [2.05, 4.69) is 27.6 Å². The van der Waals surface area contributed by atoms with Crippen molar-refractivity contribution < 1.29 is 4.79 Å². The van der Waals surface area contributed by atoms with Gasteiger partial charge in [0.05, 0.1) is 17.3 Å². The van der Waals surface area contributed by atoms with Gasteiger partial charge in [0.25, 0.3) is 0 Å². The fourth-order valence-electron chi connectivity index (χ4n) is 2.52.